The number of piperidine rings is 2. The van der Waals surface area contributed by atoms with Crippen LogP contribution in [0.4, 0.5) is 13.2 Å². The predicted molar refractivity (Wildman–Crippen MR) is 116 cm³/mol. The van der Waals surface area contributed by atoms with Gasteiger partial charge < -0.3 is 9.64 Å². The number of alkyl halides is 3. The average Bonchev–Trinajstić information content (AvgIpc) is 3.33. The number of hydrogen-bond donors (Lipinski definition) is 0. The second-order valence-electron chi connectivity index (χ2n) is 8.49. The molecule has 2 saturated heterocycles. The Morgan fingerprint density at radius 3 is 2.70 bits per heavy atom. The number of ether oxygens (including phenoxy) is 1. The zero-order chi connectivity index (χ0) is 23.2. The summed E-state index contributed by atoms with van der Waals surface area (Å²) in [6.45, 7) is 2.51. The Bertz CT molecular complexity index is 1150. The minimum Gasteiger partial charge on any atom is -0.472 e. The summed E-state index contributed by atoms with van der Waals surface area (Å²) >= 11 is 1.42. The lowest BCUT2D eigenvalue weighted by Gasteiger charge is -2.49. The molecule has 0 N–H and O–H groups in total. The van der Waals surface area contributed by atoms with Gasteiger partial charge in [0.05, 0.1) is 17.2 Å². The molecule has 3 aliphatic rings. The molecule has 33 heavy (non-hydrogen) atoms. The minimum absolute atomic E-state index is 0.125. The van der Waals surface area contributed by atoms with Crippen LogP contribution >= 0.6 is 11.3 Å². The summed E-state index contributed by atoms with van der Waals surface area (Å²) in [6.07, 6.45) is 1.90. The fourth-order valence-corrected chi connectivity index (χ4v) is 5.31. The highest BCUT2D eigenvalue weighted by atomic mass is 32.1. The van der Waals surface area contributed by atoms with E-state index in [-0.39, 0.29) is 29.9 Å². The van der Waals surface area contributed by atoms with Crippen molar-refractivity contribution >= 4 is 17.2 Å². The van der Waals surface area contributed by atoms with Gasteiger partial charge in [-0.1, -0.05) is 0 Å². The number of aromatic nitrogens is 3. The van der Waals surface area contributed by atoms with Crippen LogP contribution in [-0.2, 0) is 6.18 Å². The first-order valence-electron chi connectivity index (χ1n) is 10.7. The lowest BCUT2D eigenvalue weighted by atomic mass is 9.77. The molecule has 3 atom stereocenters. The first-order chi connectivity index (χ1) is 15.8. The number of carbonyl (C=O) groups excluding carboxylic acids is 1. The molecule has 0 spiro atoms. The molecule has 5 heterocycles. The van der Waals surface area contributed by atoms with Crippen LogP contribution in [0.1, 0.15) is 40.7 Å². The molecule has 0 unspecified atom stereocenters. The number of aryl methyl sites for hydroxylation is 1. The van der Waals surface area contributed by atoms with Crippen molar-refractivity contribution in [2.45, 2.75) is 44.5 Å². The van der Waals surface area contributed by atoms with Crippen LogP contribution < -0.4 is 4.74 Å². The molecular formula is C23H21F3N4O2S. The molecule has 1 amide bonds. The first-order valence-corrected chi connectivity index (χ1v) is 11.5. The molecule has 3 aromatic heterocycles. The van der Waals surface area contributed by atoms with Crippen molar-refractivity contribution in [3.63, 3.8) is 0 Å². The van der Waals surface area contributed by atoms with Crippen molar-refractivity contribution in [1.82, 2.24) is 19.9 Å². The summed E-state index contributed by atoms with van der Waals surface area (Å²) in [5.41, 5.74) is 1.12. The van der Waals surface area contributed by atoms with E-state index in [1.807, 2.05) is 23.3 Å². The highest BCUT2D eigenvalue weighted by Crippen LogP contribution is 2.39. The fraction of sp³-hybridized carbons (Fsp3) is 0.391. The van der Waals surface area contributed by atoms with Crippen molar-refractivity contribution in [2.24, 2.45) is 5.92 Å². The molecule has 3 aromatic rings. The van der Waals surface area contributed by atoms with E-state index in [1.165, 1.54) is 17.4 Å². The molecule has 6 rings (SSSR count). The third-order valence-electron chi connectivity index (χ3n) is 6.21. The monoisotopic (exact) mass is 474 g/mol. The summed E-state index contributed by atoms with van der Waals surface area (Å²) in [5.74, 6) is 0.271. The van der Waals surface area contributed by atoms with Gasteiger partial charge >= 0.3 is 6.18 Å². The molecule has 2 bridgehead atoms. The summed E-state index contributed by atoms with van der Waals surface area (Å²) in [5, 5.41) is 2.52. The van der Waals surface area contributed by atoms with Crippen LogP contribution in [0.5, 0.6) is 5.88 Å². The molecule has 172 valence electrons. The zero-order valence-electron chi connectivity index (χ0n) is 17.7. The summed E-state index contributed by atoms with van der Waals surface area (Å²) < 4.78 is 44.5. The normalized spacial score (nSPS) is 22.4. The molecular weight excluding hydrogens is 453 g/mol. The number of amides is 1. The Kier molecular flexibility index (Phi) is 5.55. The molecule has 6 nitrogen and oxygen atoms in total. The lowest BCUT2D eigenvalue weighted by molar-refractivity contribution is -0.137. The van der Waals surface area contributed by atoms with E-state index >= 15 is 0 Å². The highest BCUT2D eigenvalue weighted by Gasteiger charge is 2.45. The number of fused-ring (bicyclic) bond motifs is 3. The van der Waals surface area contributed by atoms with E-state index < -0.39 is 11.7 Å². The van der Waals surface area contributed by atoms with Crippen LogP contribution in [0.25, 0.3) is 10.7 Å². The van der Waals surface area contributed by atoms with E-state index in [1.54, 1.807) is 12.4 Å². The quantitative estimate of drug-likeness (QED) is 0.532. The van der Waals surface area contributed by atoms with Gasteiger partial charge in [-0.3, -0.25) is 9.78 Å². The van der Waals surface area contributed by atoms with Crippen LogP contribution in [0, 0.1) is 12.8 Å². The van der Waals surface area contributed by atoms with Crippen LogP contribution in [-0.4, -0.2) is 44.4 Å². The second-order valence-corrected chi connectivity index (χ2v) is 9.38. The van der Waals surface area contributed by atoms with Gasteiger partial charge in [-0.15, -0.1) is 11.3 Å². The molecule has 1 aliphatic carbocycles. The molecule has 2 aliphatic heterocycles. The number of thiazole rings is 1. The van der Waals surface area contributed by atoms with Crippen LogP contribution in [0.3, 0.4) is 0 Å². The zero-order valence-corrected chi connectivity index (χ0v) is 18.6. The third kappa shape index (κ3) is 4.31. The van der Waals surface area contributed by atoms with Gasteiger partial charge in [0.25, 0.3) is 5.91 Å². The minimum atomic E-state index is -4.45. The topological polar surface area (TPSA) is 68.2 Å². The molecule has 3 fully saturated rings. The fourth-order valence-electron chi connectivity index (χ4n) is 4.66. The van der Waals surface area contributed by atoms with Crippen molar-refractivity contribution in [3.05, 3.63) is 58.9 Å². The maximum absolute atomic E-state index is 13.7. The largest absolute Gasteiger partial charge is 0.472 e. The number of pyridine rings is 2. The second kappa shape index (κ2) is 8.40. The highest BCUT2D eigenvalue weighted by molar-refractivity contribution is 7.13. The third-order valence-corrected chi connectivity index (χ3v) is 6.99. The Hall–Kier alpha value is -3.01. The van der Waals surface area contributed by atoms with Crippen molar-refractivity contribution in [1.29, 1.82) is 0 Å². The summed E-state index contributed by atoms with van der Waals surface area (Å²) in [4.78, 5) is 28.2. The Morgan fingerprint density at radius 2 is 2.03 bits per heavy atom. The number of nitrogens with zero attached hydrogens (tertiary/aromatic N) is 4. The van der Waals surface area contributed by atoms with Crippen molar-refractivity contribution < 1.29 is 22.7 Å². The van der Waals surface area contributed by atoms with Crippen LogP contribution in [0.15, 0.2) is 42.2 Å². The molecule has 0 radical (unpaired) electrons. The predicted octanol–water partition coefficient (Wildman–Crippen LogP) is 5.00. The summed E-state index contributed by atoms with van der Waals surface area (Å²) in [6, 6.07) is 3.85. The molecule has 1 saturated carbocycles. The summed E-state index contributed by atoms with van der Waals surface area (Å²) in [7, 11) is 0. The maximum Gasteiger partial charge on any atom is 0.417 e. The Morgan fingerprint density at radius 1 is 1.18 bits per heavy atom. The number of carbonyl (C=O) groups is 1. The van der Waals surface area contributed by atoms with Gasteiger partial charge in [-0.05, 0) is 49.8 Å². The van der Waals surface area contributed by atoms with E-state index in [0.29, 0.717) is 22.8 Å². The van der Waals surface area contributed by atoms with E-state index in [0.717, 1.165) is 37.1 Å². The smallest absolute Gasteiger partial charge is 0.417 e. The van der Waals surface area contributed by atoms with E-state index in [2.05, 4.69) is 15.0 Å². The van der Waals surface area contributed by atoms with Gasteiger partial charge in [-0.2, -0.15) is 13.2 Å². The lowest BCUT2D eigenvalue weighted by Crippen LogP contribution is -2.59. The van der Waals surface area contributed by atoms with Gasteiger partial charge in [0, 0.05) is 36.6 Å². The molecule has 10 heteroatoms. The van der Waals surface area contributed by atoms with Gasteiger partial charge in [0.2, 0.25) is 5.88 Å². The Labute approximate surface area is 192 Å². The standard InChI is InChI=1S/C23H21F3N4O2S/c1-13-8-16(20(29-10-13)21-27-6-7-33-21)22(31)30-12-14-2-4-17(30)18(9-14)32-19-5-3-15(11-28-19)23(24,25)26/h3,5-8,10-11,14,17-18H,2,4,9,12H2,1H3/t14-,17+,18-/m1/s1. The molecule has 0 aromatic carbocycles. The number of halogens is 3. The number of rotatable bonds is 4. The van der Waals surface area contributed by atoms with Gasteiger partial charge in [0.15, 0.2) is 0 Å². The van der Waals surface area contributed by atoms with Crippen LogP contribution in [0.2, 0.25) is 0 Å². The Balaban J connectivity index is 1.39. The SMILES string of the molecule is Cc1cnc(-c2nccs2)c(C(=O)N2C[C@@H]3CC[C@H]2[C@H](Oc2ccc(C(F)(F)F)cn2)C3)c1. The van der Waals surface area contributed by atoms with Crippen molar-refractivity contribution in [3.8, 4) is 16.6 Å². The first kappa shape index (κ1) is 21.8. The van der Waals surface area contributed by atoms with Gasteiger partial charge in [-0.25, -0.2) is 9.97 Å². The number of hydrogen-bond acceptors (Lipinski definition) is 6. The average molecular weight is 475 g/mol. The van der Waals surface area contributed by atoms with Gasteiger partial charge in [0.1, 0.15) is 16.8 Å². The van der Waals surface area contributed by atoms with Crippen molar-refractivity contribution in [2.75, 3.05) is 6.54 Å². The van der Waals surface area contributed by atoms with E-state index in [9.17, 15) is 18.0 Å². The maximum atomic E-state index is 13.7. The van der Waals surface area contributed by atoms with E-state index in [4.69, 9.17) is 4.74 Å².